The Morgan fingerprint density at radius 3 is 2.65 bits per heavy atom. The predicted octanol–water partition coefficient (Wildman–Crippen LogP) is 2.40. The van der Waals surface area contributed by atoms with Gasteiger partial charge in [-0.15, -0.1) is 11.3 Å². The van der Waals surface area contributed by atoms with Crippen molar-refractivity contribution in [3.63, 3.8) is 0 Å². The maximum absolute atomic E-state index is 12.6. The molecule has 1 aliphatic heterocycles. The van der Waals surface area contributed by atoms with Gasteiger partial charge in [0.2, 0.25) is 0 Å². The summed E-state index contributed by atoms with van der Waals surface area (Å²) in [5, 5.41) is 5.04. The Morgan fingerprint density at radius 1 is 1.23 bits per heavy atom. The quantitative estimate of drug-likeness (QED) is 0.703. The van der Waals surface area contributed by atoms with Crippen LogP contribution in [0.15, 0.2) is 45.4 Å². The number of hydrogen-bond acceptors (Lipinski definition) is 6. The molecule has 0 aliphatic carbocycles. The van der Waals surface area contributed by atoms with Gasteiger partial charge in [-0.3, -0.25) is 4.79 Å². The Labute approximate surface area is 158 Å². The summed E-state index contributed by atoms with van der Waals surface area (Å²) in [5.41, 5.74) is 7.59. The summed E-state index contributed by atoms with van der Waals surface area (Å²) in [7, 11) is -3.44. The van der Waals surface area contributed by atoms with Crippen molar-refractivity contribution in [2.45, 2.75) is 17.2 Å². The second kappa shape index (κ2) is 6.31. The van der Waals surface area contributed by atoms with E-state index < -0.39 is 9.84 Å². The molecule has 0 bridgehead atoms. The second-order valence-corrected chi connectivity index (χ2v) is 9.81. The number of aryl methyl sites for hydroxylation is 1. The second-order valence-electron chi connectivity index (χ2n) is 5.93. The average Bonchev–Trinajstić information content (AvgIpc) is 3.03. The molecule has 3 aromatic rings. The molecule has 1 aromatic carbocycles. The van der Waals surface area contributed by atoms with Gasteiger partial charge in [-0.25, -0.2) is 8.42 Å². The zero-order chi connectivity index (χ0) is 18.5. The number of sulfone groups is 1. The van der Waals surface area contributed by atoms with Gasteiger partial charge in [0.1, 0.15) is 4.21 Å². The van der Waals surface area contributed by atoms with E-state index in [9.17, 15) is 13.2 Å². The minimum Gasteiger partial charge on any atom is -0.326 e. The van der Waals surface area contributed by atoms with Gasteiger partial charge < -0.3 is 5.73 Å². The van der Waals surface area contributed by atoms with Crippen LogP contribution in [0.4, 0.5) is 0 Å². The van der Waals surface area contributed by atoms with Gasteiger partial charge in [-0.1, -0.05) is 11.6 Å². The first-order valence-electron chi connectivity index (χ1n) is 7.84. The number of thiophene rings is 1. The van der Waals surface area contributed by atoms with Crippen LogP contribution in [-0.4, -0.2) is 24.0 Å². The number of rotatable bonds is 2. The Morgan fingerprint density at radius 2 is 1.96 bits per heavy atom. The lowest BCUT2D eigenvalue weighted by Gasteiger charge is -2.10. The van der Waals surface area contributed by atoms with Gasteiger partial charge >= 0.3 is 0 Å². The Balaban J connectivity index is 1.99. The highest BCUT2D eigenvalue weighted by atomic mass is 35.5. The molecule has 0 saturated carbocycles. The number of fused-ring (bicyclic) bond motifs is 3. The summed E-state index contributed by atoms with van der Waals surface area (Å²) in [6, 6.07) is 9.94. The fraction of sp³-hybridized carbons (Fsp3) is 0.176. The first-order valence-corrected chi connectivity index (χ1v) is 10.7. The summed E-state index contributed by atoms with van der Waals surface area (Å²) >= 11 is 7.08. The van der Waals surface area contributed by atoms with Crippen LogP contribution in [0, 0.1) is 0 Å². The van der Waals surface area contributed by atoms with E-state index in [1.807, 2.05) is 0 Å². The van der Waals surface area contributed by atoms with E-state index in [-0.39, 0.29) is 28.5 Å². The number of nitrogens with zero attached hydrogens (tertiary/aromatic N) is 2. The molecule has 0 amide bonds. The molecule has 2 N–H and O–H groups in total. The number of nitrogens with two attached hydrogens (primary N) is 1. The van der Waals surface area contributed by atoms with Crippen molar-refractivity contribution in [2.75, 3.05) is 5.75 Å². The highest BCUT2D eigenvalue weighted by molar-refractivity contribution is 7.93. The zero-order valence-electron chi connectivity index (χ0n) is 13.5. The number of hydrogen-bond donors (Lipinski definition) is 1. The third kappa shape index (κ3) is 2.88. The molecule has 9 heteroatoms. The van der Waals surface area contributed by atoms with Crippen LogP contribution >= 0.6 is 22.9 Å². The van der Waals surface area contributed by atoms with Crippen LogP contribution in [0.1, 0.15) is 10.4 Å². The fourth-order valence-electron chi connectivity index (χ4n) is 2.93. The standard InChI is InChI=1S/C17H14ClN3O3S2/c18-11-1-3-12(4-2-11)21-15(22)7-10-5-6-26(23,24)17-14(16(10)20-21)8-13(9-19)25-17/h1-4,7-8H,5-6,9,19H2. The molecule has 0 atom stereocenters. The number of benzene rings is 1. The fourth-order valence-corrected chi connectivity index (χ4v) is 6.07. The minimum atomic E-state index is -3.44. The summed E-state index contributed by atoms with van der Waals surface area (Å²) in [4.78, 5) is 13.3. The zero-order valence-corrected chi connectivity index (χ0v) is 15.9. The molecular formula is C17H14ClN3O3S2. The highest BCUT2D eigenvalue weighted by Gasteiger charge is 2.29. The van der Waals surface area contributed by atoms with E-state index in [0.29, 0.717) is 27.5 Å². The van der Waals surface area contributed by atoms with E-state index >= 15 is 0 Å². The van der Waals surface area contributed by atoms with Crippen molar-refractivity contribution in [3.8, 4) is 16.9 Å². The van der Waals surface area contributed by atoms with E-state index in [4.69, 9.17) is 17.3 Å². The maximum Gasteiger partial charge on any atom is 0.271 e. The van der Waals surface area contributed by atoms with Crippen molar-refractivity contribution >= 4 is 32.8 Å². The van der Waals surface area contributed by atoms with Crippen LogP contribution in [0.5, 0.6) is 0 Å². The van der Waals surface area contributed by atoms with Gasteiger partial charge in [0.15, 0.2) is 9.84 Å². The summed E-state index contributed by atoms with van der Waals surface area (Å²) < 4.78 is 26.8. The van der Waals surface area contributed by atoms with Crippen LogP contribution < -0.4 is 11.3 Å². The van der Waals surface area contributed by atoms with Crippen LogP contribution in [0.2, 0.25) is 5.02 Å². The molecule has 26 heavy (non-hydrogen) atoms. The normalized spacial score (nSPS) is 15.2. The van der Waals surface area contributed by atoms with Gasteiger partial charge in [0.05, 0.1) is 17.1 Å². The lowest BCUT2D eigenvalue weighted by molar-refractivity contribution is 0.598. The monoisotopic (exact) mass is 407 g/mol. The molecule has 0 unspecified atom stereocenters. The van der Waals surface area contributed by atoms with Crippen molar-refractivity contribution in [2.24, 2.45) is 5.73 Å². The summed E-state index contributed by atoms with van der Waals surface area (Å²) in [6.45, 7) is 0.249. The van der Waals surface area contributed by atoms with Crippen molar-refractivity contribution in [1.82, 2.24) is 9.78 Å². The lowest BCUT2D eigenvalue weighted by Crippen LogP contribution is -2.22. The maximum atomic E-state index is 12.6. The van der Waals surface area contributed by atoms with Crippen molar-refractivity contribution in [1.29, 1.82) is 0 Å². The van der Waals surface area contributed by atoms with Gasteiger partial charge in [-0.05, 0) is 42.3 Å². The molecule has 4 rings (SSSR count). The van der Waals surface area contributed by atoms with Crippen LogP contribution in [-0.2, 0) is 22.8 Å². The molecule has 2 aromatic heterocycles. The molecule has 0 fully saturated rings. The van der Waals surface area contributed by atoms with Gasteiger partial charge in [0, 0.05) is 28.1 Å². The number of halogens is 1. The average molecular weight is 408 g/mol. The predicted molar refractivity (Wildman–Crippen MR) is 102 cm³/mol. The van der Waals surface area contributed by atoms with Gasteiger partial charge in [0.25, 0.3) is 5.56 Å². The van der Waals surface area contributed by atoms with E-state index in [1.165, 1.54) is 22.1 Å². The molecule has 0 radical (unpaired) electrons. The Kier molecular flexibility index (Phi) is 4.23. The molecule has 134 valence electrons. The van der Waals surface area contributed by atoms with E-state index in [2.05, 4.69) is 5.10 Å². The summed E-state index contributed by atoms with van der Waals surface area (Å²) in [5.74, 6) is -0.0520. The first kappa shape index (κ1) is 17.4. The highest BCUT2D eigenvalue weighted by Crippen LogP contribution is 2.38. The smallest absolute Gasteiger partial charge is 0.271 e. The van der Waals surface area contributed by atoms with E-state index in [0.717, 1.165) is 4.88 Å². The van der Waals surface area contributed by atoms with Crippen LogP contribution in [0.3, 0.4) is 0 Å². The Bertz CT molecular complexity index is 1160. The summed E-state index contributed by atoms with van der Waals surface area (Å²) in [6.07, 6.45) is 0.251. The molecular weight excluding hydrogens is 394 g/mol. The molecule has 3 heterocycles. The first-order chi connectivity index (χ1) is 12.4. The van der Waals surface area contributed by atoms with Gasteiger partial charge in [-0.2, -0.15) is 9.78 Å². The van der Waals surface area contributed by atoms with E-state index in [1.54, 1.807) is 30.3 Å². The Hall–Kier alpha value is -2.00. The third-order valence-corrected chi connectivity index (χ3v) is 7.95. The van der Waals surface area contributed by atoms with Crippen molar-refractivity contribution < 1.29 is 8.42 Å². The molecule has 0 saturated heterocycles. The topological polar surface area (TPSA) is 95.0 Å². The molecule has 1 aliphatic rings. The molecule has 6 nitrogen and oxygen atoms in total. The minimum absolute atomic E-state index is 0.0520. The van der Waals surface area contributed by atoms with Crippen LogP contribution in [0.25, 0.3) is 16.9 Å². The van der Waals surface area contributed by atoms with Crippen molar-refractivity contribution in [3.05, 3.63) is 62.2 Å². The SMILES string of the molecule is NCc1cc2c(s1)S(=O)(=O)CCc1cc(=O)n(-c3ccc(Cl)cc3)nc1-2. The lowest BCUT2D eigenvalue weighted by atomic mass is 10.1. The molecule has 0 spiro atoms. The third-order valence-electron chi connectivity index (χ3n) is 4.21. The number of aromatic nitrogens is 2. The largest absolute Gasteiger partial charge is 0.326 e.